The molecule has 1 aliphatic rings. The van der Waals surface area contributed by atoms with Crippen molar-refractivity contribution in [1.29, 1.82) is 0 Å². The van der Waals surface area contributed by atoms with Crippen molar-refractivity contribution in [2.45, 2.75) is 57.6 Å². The SMILES string of the molecule is CCC(C)c1ccc(/N=C2\SC(c3ccc(NC(=O)[C@H](C)NC(=O)OCc4ccccc4)cc3)C(=O)N2Cc2ccco2)cc1. The van der Waals surface area contributed by atoms with Gasteiger partial charge in [-0.05, 0) is 72.4 Å². The van der Waals surface area contributed by atoms with Crippen LogP contribution < -0.4 is 10.6 Å². The molecule has 2 unspecified atom stereocenters. The zero-order valence-corrected chi connectivity index (χ0v) is 26.3. The van der Waals surface area contributed by atoms with E-state index in [9.17, 15) is 14.4 Å². The topological polar surface area (TPSA) is 113 Å². The van der Waals surface area contributed by atoms with E-state index < -0.39 is 23.3 Å². The van der Waals surface area contributed by atoms with Gasteiger partial charge in [0.1, 0.15) is 23.7 Å². The van der Waals surface area contributed by atoms with E-state index in [-0.39, 0.29) is 19.1 Å². The molecule has 9 nitrogen and oxygen atoms in total. The third-order valence-electron chi connectivity index (χ3n) is 7.56. The molecule has 10 heteroatoms. The molecule has 5 rings (SSSR count). The molecule has 1 saturated heterocycles. The van der Waals surface area contributed by atoms with Crippen LogP contribution in [0.25, 0.3) is 0 Å². The van der Waals surface area contributed by atoms with Crippen LogP contribution in [0.15, 0.2) is 107 Å². The molecule has 232 valence electrons. The number of carbonyl (C=O) groups is 3. The molecular formula is C35H36N4O5S. The molecule has 1 fully saturated rings. The molecule has 0 spiro atoms. The van der Waals surface area contributed by atoms with Gasteiger partial charge in [0.05, 0.1) is 18.5 Å². The number of carbonyl (C=O) groups excluding carboxylic acids is 3. The van der Waals surface area contributed by atoms with Crippen LogP contribution in [-0.2, 0) is 27.5 Å². The molecule has 1 aromatic heterocycles. The van der Waals surface area contributed by atoms with Crippen LogP contribution in [0.4, 0.5) is 16.2 Å². The summed E-state index contributed by atoms with van der Waals surface area (Å²) >= 11 is 1.38. The van der Waals surface area contributed by atoms with Gasteiger partial charge in [0.25, 0.3) is 0 Å². The van der Waals surface area contributed by atoms with Crippen molar-refractivity contribution in [2.75, 3.05) is 5.32 Å². The fraction of sp³-hybridized carbons (Fsp3) is 0.257. The quantitative estimate of drug-likeness (QED) is 0.178. The van der Waals surface area contributed by atoms with Gasteiger partial charge in [-0.1, -0.05) is 80.2 Å². The van der Waals surface area contributed by atoms with Crippen molar-refractivity contribution >= 4 is 46.2 Å². The Bertz CT molecular complexity index is 1620. The van der Waals surface area contributed by atoms with Crippen LogP contribution in [0.5, 0.6) is 0 Å². The van der Waals surface area contributed by atoms with Gasteiger partial charge in [-0.15, -0.1) is 0 Å². The van der Waals surface area contributed by atoms with Crippen LogP contribution in [0.3, 0.4) is 0 Å². The number of hydrogen-bond acceptors (Lipinski definition) is 7. The number of aliphatic imine (C=N–C) groups is 1. The lowest BCUT2D eigenvalue weighted by molar-refractivity contribution is -0.126. The third-order valence-corrected chi connectivity index (χ3v) is 8.79. The van der Waals surface area contributed by atoms with E-state index in [1.807, 2.05) is 60.7 Å². The van der Waals surface area contributed by atoms with E-state index in [0.29, 0.717) is 22.5 Å². The fourth-order valence-corrected chi connectivity index (χ4v) is 5.85. The maximum absolute atomic E-state index is 13.7. The second-order valence-corrected chi connectivity index (χ2v) is 11.9. The summed E-state index contributed by atoms with van der Waals surface area (Å²) < 4.78 is 10.7. The minimum atomic E-state index is -0.826. The lowest BCUT2D eigenvalue weighted by Crippen LogP contribution is -2.41. The molecule has 1 aliphatic heterocycles. The maximum Gasteiger partial charge on any atom is 0.408 e. The molecular weight excluding hydrogens is 588 g/mol. The minimum absolute atomic E-state index is 0.102. The molecule has 45 heavy (non-hydrogen) atoms. The van der Waals surface area contributed by atoms with Crippen molar-refractivity contribution < 1.29 is 23.5 Å². The highest BCUT2D eigenvalue weighted by atomic mass is 32.2. The number of rotatable bonds is 11. The number of thioether (sulfide) groups is 1. The van der Waals surface area contributed by atoms with E-state index in [1.54, 1.807) is 36.3 Å². The number of nitrogens with one attached hydrogen (secondary N) is 2. The minimum Gasteiger partial charge on any atom is -0.467 e. The predicted octanol–water partition coefficient (Wildman–Crippen LogP) is 7.55. The summed E-state index contributed by atoms with van der Waals surface area (Å²) in [5, 5.41) is 5.42. The molecule has 0 aliphatic carbocycles. The van der Waals surface area contributed by atoms with Crippen molar-refractivity contribution in [3.63, 3.8) is 0 Å². The number of hydrogen-bond donors (Lipinski definition) is 2. The molecule has 4 aromatic rings. The molecule has 2 heterocycles. The van der Waals surface area contributed by atoms with Crippen molar-refractivity contribution in [3.05, 3.63) is 120 Å². The van der Waals surface area contributed by atoms with Gasteiger partial charge in [-0.2, -0.15) is 0 Å². The van der Waals surface area contributed by atoms with Crippen LogP contribution in [0.1, 0.15) is 60.8 Å². The van der Waals surface area contributed by atoms with Crippen LogP contribution in [0, 0.1) is 0 Å². The maximum atomic E-state index is 13.7. The standard InChI is InChI=1S/C35H36N4O5S/c1-4-23(2)26-12-16-29(17-13-26)38-34-39(21-30-11-8-20-43-30)33(41)31(45-34)27-14-18-28(19-15-27)37-32(40)24(3)36-35(42)44-22-25-9-6-5-7-10-25/h5-20,23-24,31H,4,21-22H2,1-3H3,(H,36,42)(H,37,40)/b38-34-/t23?,24-,31?/m0/s1. The Labute approximate surface area is 267 Å². The van der Waals surface area contributed by atoms with Gasteiger partial charge >= 0.3 is 6.09 Å². The smallest absolute Gasteiger partial charge is 0.408 e. The van der Waals surface area contributed by atoms with E-state index in [4.69, 9.17) is 14.1 Å². The number of nitrogens with zero attached hydrogens (tertiary/aromatic N) is 2. The number of amidine groups is 1. The molecule has 2 N–H and O–H groups in total. The Morgan fingerprint density at radius 3 is 2.38 bits per heavy atom. The number of benzene rings is 3. The normalized spacial score (nSPS) is 16.8. The number of furan rings is 1. The number of amides is 3. The average Bonchev–Trinajstić information content (AvgIpc) is 3.69. The number of anilines is 1. The molecule has 0 radical (unpaired) electrons. The van der Waals surface area contributed by atoms with Gasteiger partial charge in [0.2, 0.25) is 11.8 Å². The highest BCUT2D eigenvalue weighted by Gasteiger charge is 2.39. The van der Waals surface area contributed by atoms with Gasteiger partial charge in [-0.3, -0.25) is 14.5 Å². The van der Waals surface area contributed by atoms with E-state index in [2.05, 4.69) is 36.6 Å². The summed E-state index contributed by atoms with van der Waals surface area (Å²) in [6.07, 6.45) is 1.96. The second-order valence-electron chi connectivity index (χ2n) is 10.8. The molecule has 0 bridgehead atoms. The zero-order valence-electron chi connectivity index (χ0n) is 25.4. The van der Waals surface area contributed by atoms with Crippen LogP contribution >= 0.6 is 11.8 Å². The summed E-state index contributed by atoms with van der Waals surface area (Å²) in [6.45, 7) is 6.31. The van der Waals surface area contributed by atoms with Crippen molar-refractivity contribution in [2.24, 2.45) is 4.99 Å². The summed E-state index contributed by atoms with van der Waals surface area (Å²) in [5.74, 6) is 0.621. The first-order chi connectivity index (χ1) is 21.8. The van der Waals surface area contributed by atoms with E-state index in [0.717, 1.165) is 23.2 Å². The van der Waals surface area contributed by atoms with Gasteiger partial charge in [0, 0.05) is 5.69 Å². The molecule has 3 amide bonds. The van der Waals surface area contributed by atoms with Gasteiger partial charge in [0.15, 0.2) is 5.17 Å². The summed E-state index contributed by atoms with van der Waals surface area (Å²) in [4.78, 5) is 45.1. The van der Waals surface area contributed by atoms with E-state index in [1.165, 1.54) is 17.3 Å². The summed E-state index contributed by atoms with van der Waals surface area (Å²) in [6, 6.07) is 27.3. The number of ether oxygens (including phenoxy) is 1. The molecule has 0 saturated carbocycles. The Balaban J connectivity index is 1.23. The monoisotopic (exact) mass is 624 g/mol. The fourth-order valence-electron chi connectivity index (χ4n) is 4.68. The lowest BCUT2D eigenvalue weighted by atomic mass is 9.99. The Morgan fingerprint density at radius 2 is 1.71 bits per heavy atom. The lowest BCUT2D eigenvalue weighted by Gasteiger charge is -2.16. The van der Waals surface area contributed by atoms with Crippen molar-refractivity contribution in [3.8, 4) is 0 Å². The van der Waals surface area contributed by atoms with Crippen LogP contribution in [-0.4, -0.2) is 34.0 Å². The van der Waals surface area contributed by atoms with Gasteiger partial charge in [-0.25, -0.2) is 9.79 Å². The molecule has 3 aromatic carbocycles. The van der Waals surface area contributed by atoms with E-state index >= 15 is 0 Å². The Hall–Kier alpha value is -4.83. The average molecular weight is 625 g/mol. The zero-order chi connectivity index (χ0) is 31.8. The first kappa shape index (κ1) is 31.6. The first-order valence-electron chi connectivity index (χ1n) is 14.9. The third kappa shape index (κ3) is 8.21. The van der Waals surface area contributed by atoms with Crippen molar-refractivity contribution in [1.82, 2.24) is 10.2 Å². The predicted molar refractivity (Wildman–Crippen MR) is 176 cm³/mol. The largest absolute Gasteiger partial charge is 0.467 e. The van der Waals surface area contributed by atoms with Gasteiger partial charge < -0.3 is 19.8 Å². The summed E-state index contributed by atoms with van der Waals surface area (Å²) in [5.41, 5.74) is 4.19. The second kappa shape index (κ2) is 14.8. The first-order valence-corrected chi connectivity index (χ1v) is 15.8. The highest BCUT2D eigenvalue weighted by Crippen LogP contribution is 2.41. The Morgan fingerprint density at radius 1 is 0.978 bits per heavy atom. The highest BCUT2D eigenvalue weighted by molar-refractivity contribution is 8.15. The Kier molecular flexibility index (Phi) is 10.4. The van der Waals surface area contributed by atoms with Crippen LogP contribution in [0.2, 0.25) is 0 Å². The summed E-state index contributed by atoms with van der Waals surface area (Å²) in [7, 11) is 0. The molecule has 3 atom stereocenters. The number of alkyl carbamates (subject to hydrolysis) is 1.